The largest absolute Gasteiger partial charge is 0.381 e. The molecule has 2 unspecified atom stereocenters. The zero-order valence-corrected chi connectivity index (χ0v) is 16.8. The van der Waals surface area contributed by atoms with Crippen LogP contribution in [0.1, 0.15) is 24.9 Å². The Morgan fingerprint density at radius 3 is 2.67 bits per heavy atom. The van der Waals surface area contributed by atoms with Gasteiger partial charge in [-0.1, -0.05) is 30.3 Å². The number of nitrogens with zero attached hydrogens (tertiary/aromatic N) is 3. The minimum Gasteiger partial charge on any atom is -0.381 e. The van der Waals surface area contributed by atoms with Crippen LogP contribution in [0.15, 0.2) is 35.3 Å². The minimum absolute atomic E-state index is 0.284. The Morgan fingerprint density at radius 2 is 2.00 bits per heavy atom. The molecule has 1 aromatic rings. The molecule has 6 heteroatoms. The Bertz CT molecular complexity index is 569. The van der Waals surface area contributed by atoms with E-state index in [-0.39, 0.29) is 6.04 Å². The van der Waals surface area contributed by atoms with E-state index < -0.39 is 0 Å². The molecule has 1 aromatic carbocycles. The molecular formula is C21H34N4O2. The number of morpholine rings is 1. The molecule has 2 aliphatic rings. The molecule has 1 N–H and O–H groups in total. The van der Waals surface area contributed by atoms with Crippen LogP contribution in [0.3, 0.4) is 0 Å². The van der Waals surface area contributed by atoms with Crippen LogP contribution in [-0.2, 0) is 9.47 Å². The highest BCUT2D eigenvalue weighted by atomic mass is 16.5. The minimum atomic E-state index is 0.284. The summed E-state index contributed by atoms with van der Waals surface area (Å²) in [4.78, 5) is 9.77. The average Bonchev–Trinajstić information content (AvgIpc) is 3.22. The van der Waals surface area contributed by atoms with E-state index >= 15 is 0 Å². The van der Waals surface area contributed by atoms with Crippen molar-refractivity contribution in [1.82, 2.24) is 15.1 Å². The Kier molecular flexibility index (Phi) is 7.93. The molecule has 6 nitrogen and oxygen atoms in total. The molecule has 27 heavy (non-hydrogen) atoms. The molecule has 3 rings (SSSR count). The summed E-state index contributed by atoms with van der Waals surface area (Å²) in [6.07, 6.45) is 1.14. The quantitative estimate of drug-likeness (QED) is 0.584. The predicted molar refractivity (Wildman–Crippen MR) is 109 cm³/mol. The third-order valence-corrected chi connectivity index (χ3v) is 5.34. The van der Waals surface area contributed by atoms with Crippen LogP contribution in [0.25, 0.3) is 0 Å². The molecule has 0 saturated carbocycles. The van der Waals surface area contributed by atoms with Crippen LogP contribution in [-0.4, -0.2) is 82.0 Å². The molecule has 2 fully saturated rings. The van der Waals surface area contributed by atoms with Crippen molar-refractivity contribution in [3.8, 4) is 0 Å². The van der Waals surface area contributed by atoms with E-state index in [4.69, 9.17) is 14.5 Å². The normalized spacial score (nSPS) is 22.6. The topological polar surface area (TPSA) is 49.3 Å². The highest BCUT2D eigenvalue weighted by Gasteiger charge is 2.23. The molecule has 0 aliphatic carbocycles. The van der Waals surface area contributed by atoms with Gasteiger partial charge in [0.15, 0.2) is 5.96 Å². The van der Waals surface area contributed by atoms with Crippen LogP contribution >= 0.6 is 0 Å². The maximum absolute atomic E-state index is 5.55. The zero-order chi connectivity index (χ0) is 18.9. The molecule has 150 valence electrons. The number of hydrogen-bond donors (Lipinski definition) is 1. The zero-order valence-electron chi connectivity index (χ0n) is 16.8. The standard InChI is InChI=1S/C21H34N4O2/c1-3-22-21(24(2)16-18-9-12-27-17-18)23-15-20(19-7-5-4-6-8-19)25-10-13-26-14-11-25/h4-8,18,20H,3,9-17H2,1-2H3,(H,22,23). The fourth-order valence-electron chi connectivity index (χ4n) is 3.84. The van der Waals surface area contributed by atoms with Gasteiger partial charge < -0.3 is 19.7 Å². The van der Waals surface area contributed by atoms with Gasteiger partial charge in [0.1, 0.15) is 0 Å². The van der Waals surface area contributed by atoms with Crippen LogP contribution in [0, 0.1) is 5.92 Å². The number of benzene rings is 1. The summed E-state index contributed by atoms with van der Waals surface area (Å²) >= 11 is 0. The van der Waals surface area contributed by atoms with Crippen molar-refractivity contribution >= 4 is 5.96 Å². The van der Waals surface area contributed by atoms with Crippen molar-refractivity contribution in [3.05, 3.63) is 35.9 Å². The fourth-order valence-corrected chi connectivity index (χ4v) is 3.84. The van der Waals surface area contributed by atoms with Gasteiger partial charge in [0.05, 0.1) is 32.4 Å². The Hall–Kier alpha value is -1.63. The van der Waals surface area contributed by atoms with Gasteiger partial charge in [-0.05, 0) is 18.9 Å². The lowest BCUT2D eigenvalue weighted by Crippen LogP contribution is -2.43. The van der Waals surface area contributed by atoms with Crippen molar-refractivity contribution in [3.63, 3.8) is 0 Å². The first-order valence-electron chi connectivity index (χ1n) is 10.2. The van der Waals surface area contributed by atoms with Crippen LogP contribution in [0.2, 0.25) is 0 Å². The van der Waals surface area contributed by atoms with E-state index in [0.29, 0.717) is 5.92 Å². The second-order valence-corrected chi connectivity index (χ2v) is 7.38. The van der Waals surface area contributed by atoms with Crippen molar-refractivity contribution in [1.29, 1.82) is 0 Å². The molecule has 2 atom stereocenters. The monoisotopic (exact) mass is 374 g/mol. The van der Waals surface area contributed by atoms with Gasteiger partial charge >= 0.3 is 0 Å². The summed E-state index contributed by atoms with van der Waals surface area (Å²) in [6.45, 7) is 10.0. The number of hydrogen-bond acceptors (Lipinski definition) is 4. The Labute approximate surface area is 163 Å². The SMILES string of the molecule is CCNC(=NCC(c1ccccc1)N1CCOCC1)N(C)CC1CCOC1. The molecule has 0 radical (unpaired) electrons. The molecule has 2 heterocycles. The molecule has 0 amide bonds. The maximum atomic E-state index is 5.55. The van der Waals surface area contributed by atoms with E-state index in [2.05, 4.69) is 59.4 Å². The van der Waals surface area contributed by atoms with Crippen LogP contribution in [0.4, 0.5) is 0 Å². The molecule has 2 saturated heterocycles. The summed E-state index contributed by atoms with van der Waals surface area (Å²) in [5.41, 5.74) is 1.32. The molecule has 0 spiro atoms. The van der Waals surface area contributed by atoms with Gasteiger partial charge in [-0.25, -0.2) is 0 Å². The summed E-state index contributed by atoms with van der Waals surface area (Å²) in [5.74, 6) is 1.58. The Morgan fingerprint density at radius 1 is 1.22 bits per heavy atom. The van der Waals surface area contributed by atoms with Crippen molar-refractivity contribution < 1.29 is 9.47 Å². The third-order valence-electron chi connectivity index (χ3n) is 5.34. The van der Waals surface area contributed by atoms with Crippen molar-refractivity contribution in [2.45, 2.75) is 19.4 Å². The highest BCUT2D eigenvalue weighted by Crippen LogP contribution is 2.22. The Balaban J connectivity index is 1.70. The number of rotatable bonds is 7. The second-order valence-electron chi connectivity index (χ2n) is 7.38. The summed E-state index contributed by atoms with van der Waals surface area (Å²) < 4.78 is 11.1. The molecule has 2 aliphatic heterocycles. The number of guanidine groups is 1. The van der Waals surface area contributed by atoms with Gasteiger partial charge in [-0.15, -0.1) is 0 Å². The molecule has 0 bridgehead atoms. The molecule has 0 aromatic heterocycles. The van der Waals surface area contributed by atoms with Crippen LogP contribution < -0.4 is 5.32 Å². The lowest BCUT2D eigenvalue weighted by atomic mass is 10.0. The van der Waals surface area contributed by atoms with Crippen molar-refractivity contribution in [2.75, 3.05) is 66.2 Å². The second kappa shape index (κ2) is 10.6. The smallest absolute Gasteiger partial charge is 0.193 e. The van der Waals surface area contributed by atoms with E-state index in [9.17, 15) is 0 Å². The molecular weight excluding hydrogens is 340 g/mol. The van der Waals surface area contributed by atoms with Crippen molar-refractivity contribution in [2.24, 2.45) is 10.9 Å². The third kappa shape index (κ3) is 5.92. The van der Waals surface area contributed by atoms with Gasteiger partial charge in [0.2, 0.25) is 0 Å². The lowest BCUT2D eigenvalue weighted by molar-refractivity contribution is 0.0179. The van der Waals surface area contributed by atoms with Crippen LogP contribution in [0.5, 0.6) is 0 Å². The fraction of sp³-hybridized carbons (Fsp3) is 0.667. The van der Waals surface area contributed by atoms with Gasteiger partial charge in [-0.2, -0.15) is 0 Å². The average molecular weight is 375 g/mol. The van der Waals surface area contributed by atoms with E-state index in [0.717, 1.165) is 71.5 Å². The van der Waals surface area contributed by atoms with Gasteiger partial charge in [0, 0.05) is 45.8 Å². The lowest BCUT2D eigenvalue weighted by Gasteiger charge is -2.34. The van der Waals surface area contributed by atoms with Gasteiger partial charge in [-0.3, -0.25) is 9.89 Å². The van der Waals surface area contributed by atoms with E-state index in [1.807, 2.05) is 0 Å². The number of nitrogens with one attached hydrogen (secondary N) is 1. The first kappa shape index (κ1) is 20.1. The summed E-state index contributed by atoms with van der Waals surface area (Å²) in [6, 6.07) is 11.0. The predicted octanol–water partition coefficient (Wildman–Crippen LogP) is 1.99. The van der Waals surface area contributed by atoms with E-state index in [1.54, 1.807) is 0 Å². The number of ether oxygens (including phenoxy) is 2. The first-order chi connectivity index (χ1) is 13.3. The highest BCUT2D eigenvalue weighted by molar-refractivity contribution is 5.79. The maximum Gasteiger partial charge on any atom is 0.193 e. The number of aliphatic imine (C=N–C) groups is 1. The van der Waals surface area contributed by atoms with Gasteiger partial charge in [0.25, 0.3) is 0 Å². The summed E-state index contributed by atoms with van der Waals surface area (Å²) in [5, 5.41) is 3.46. The summed E-state index contributed by atoms with van der Waals surface area (Å²) in [7, 11) is 2.13. The van der Waals surface area contributed by atoms with E-state index in [1.165, 1.54) is 5.56 Å². The first-order valence-corrected chi connectivity index (χ1v) is 10.2.